The van der Waals surface area contributed by atoms with Crippen LogP contribution in [0.3, 0.4) is 0 Å². The summed E-state index contributed by atoms with van der Waals surface area (Å²) in [5.74, 6) is 2.10. The van der Waals surface area contributed by atoms with Gasteiger partial charge in [-0.25, -0.2) is 4.39 Å². The summed E-state index contributed by atoms with van der Waals surface area (Å²) in [4.78, 5) is 25.7. The van der Waals surface area contributed by atoms with Gasteiger partial charge in [0.1, 0.15) is 19.0 Å². The number of carbonyl (C=O) groups is 1. The standard InChI is InChI=1S/C25H24N2O2.C24H24FN3O2/c28-24-17-22-10-5-11-23(25(22)29-24)27-14-12-26(13-15-27)18-19-6-4-9-21(16-19)20-7-2-1-3-8-20;25-21-6-4-19(5-7-21)20-14-18(15-26-16-20)17-27-8-10-28(11-9-27)22-2-1-3-23-24(22)30-13-12-29-23/h1-11,16H,12-15,17-18H2;1-7,14-16H,8-13,17H2. The molecule has 300 valence electrons. The molecule has 0 radical (unpaired) electrons. The molecule has 1 aromatic heterocycles. The zero-order valence-corrected chi connectivity index (χ0v) is 33.1. The molecule has 4 aliphatic heterocycles. The van der Waals surface area contributed by atoms with Gasteiger partial charge in [-0.1, -0.05) is 78.9 Å². The van der Waals surface area contributed by atoms with E-state index in [0.717, 1.165) is 111 Å². The van der Waals surface area contributed by atoms with Crippen molar-refractivity contribution >= 4 is 17.3 Å². The Bertz CT molecular complexity index is 2380. The predicted molar refractivity (Wildman–Crippen MR) is 230 cm³/mol. The molecule has 0 saturated carbocycles. The van der Waals surface area contributed by atoms with Crippen molar-refractivity contribution in [3.8, 4) is 39.5 Å². The second-order valence-electron chi connectivity index (χ2n) is 15.4. The number of fused-ring (bicyclic) bond motifs is 2. The van der Waals surface area contributed by atoms with E-state index in [2.05, 4.69) is 97.4 Å². The molecule has 2 fully saturated rings. The van der Waals surface area contributed by atoms with Crippen LogP contribution in [0.1, 0.15) is 16.7 Å². The van der Waals surface area contributed by atoms with Crippen LogP contribution in [-0.2, 0) is 24.3 Å². The summed E-state index contributed by atoms with van der Waals surface area (Å²) in [6.45, 7) is 10.7. The monoisotopic (exact) mass is 789 g/mol. The van der Waals surface area contributed by atoms with E-state index in [1.54, 1.807) is 12.1 Å². The van der Waals surface area contributed by atoms with Crippen LogP contribution >= 0.6 is 0 Å². The Hall–Kier alpha value is -6.23. The van der Waals surface area contributed by atoms with Gasteiger partial charge in [0.2, 0.25) is 0 Å². The van der Waals surface area contributed by atoms with Gasteiger partial charge < -0.3 is 24.0 Å². The Kier molecular flexibility index (Phi) is 11.5. The van der Waals surface area contributed by atoms with Gasteiger partial charge in [-0.05, 0) is 70.3 Å². The van der Waals surface area contributed by atoms with Crippen molar-refractivity contribution in [1.82, 2.24) is 14.8 Å². The van der Waals surface area contributed by atoms with Crippen LogP contribution < -0.4 is 24.0 Å². The van der Waals surface area contributed by atoms with E-state index >= 15 is 0 Å². The lowest BCUT2D eigenvalue weighted by Gasteiger charge is -2.37. The predicted octanol–water partition coefficient (Wildman–Crippen LogP) is 8.12. The van der Waals surface area contributed by atoms with E-state index in [-0.39, 0.29) is 11.8 Å². The molecule has 0 bridgehead atoms. The first kappa shape index (κ1) is 38.3. The SMILES string of the molecule is Fc1ccc(-c2cncc(CN3CCN(c4cccc5c4OCCO5)CC3)c2)cc1.O=C1Cc2cccc(N3CCN(Cc4cccc(-c5ccccc5)c4)CC3)c2O1. The number of aromatic nitrogens is 1. The Labute approximate surface area is 345 Å². The molecule has 10 rings (SSSR count). The molecule has 5 aromatic carbocycles. The van der Waals surface area contributed by atoms with Crippen LogP contribution in [0, 0.1) is 5.82 Å². The highest BCUT2D eigenvalue weighted by atomic mass is 19.1. The third kappa shape index (κ3) is 9.09. The molecule has 0 aliphatic carbocycles. The number of hydrogen-bond donors (Lipinski definition) is 0. The van der Waals surface area contributed by atoms with Crippen molar-refractivity contribution in [3.63, 3.8) is 0 Å². The number of halogens is 1. The first-order valence-corrected chi connectivity index (χ1v) is 20.5. The minimum Gasteiger partial charge on any atom is -0.486 e. The largest absolute Gasteiger partial charge is 0.486 e. The topological polar surface area (TPSA) is 70.6 Å². The fraction of sp³-hybridized carbons (Fsp3) is 0.265. The van der Waals surface area contributed by atoms with Gasteiger partial charge in [-0.15, -0.1) is 0 Å². The summed E-state index contributed by atoms with van der Waals surface area (Å²) >= 11 is 0. The van der Waals surface area contributed by atoms with E-state index in [9.17, 15) is 9.18 Å². The lowest BCUT2D eigenvalue weighted by atomic mass is 10.0. The second kappa shape index (κ2) is 17.7. The quantitative estimate of drug-likeness (QED) is 0.112. The summed E-state index contributed by atoms with van der Waals surface area (Å²) < 4.78 is 30.3. The molecule has 0 spiro atoms. The second-order valence-corrected chi connectivity index (χ2v) is 15.4. The zero-order chi connectivity index (χ0) is 40.0. The van der Waals surface area contributed by atoms with E-state index in [1.807, 2.05) is 36.7 Å². The maximum Gasteiger partial charge on any atom is 0.315 e. The minimum absolute atomic E-state index is 0.149. The molecule has 0 amide bonds. The number of rotatable bonds is 8. The van der Waals surface area contributed by atoms with Crippen molar-refractivity contribution in [2.75, 3.05) is 75.4 Å². The van der Waals surface area contributed by atoms with Crippen molar-refractivity contribution in [3.05, 3.63) is 156 Å². The smallest absolute Gasteiger partial charge is 0.315 e. The molecule has 10 heteroatoms. The lowest BCUT2D eigenvalue weighted by Crippen LogP contribution is -2.46. The van der Waals surface area contributed by atoms with Crippen LogP contribution in [0.2, 0.25) is 0 Å². The van der Waals surface area contributed by atoms with Gasteiger partial charge in [-0.2, -0.15) is 0 Å². The molecule has 0 unspecified atom stereocenters. The number of carbonyl (C=O) groups excluding carboxylic acids is 1. The molecular formula is C49H48FN5O4. The van der Waals surface area contributed by atoms with Gasteiger partial charge in [0, 0.05) is 89.0 Å². The molecular weight excluding hydrogens is 742 g/mol. The number of para-hydroxylation sites is 2. The van der Waals surface area contributed by atoms with Crippen LogP contribution in [0.25, 0.3) is 22.3 Å². The van der Waals surface area contributed by atoms with Crippen molar-refractivity contribution in [1.29, 1.82) is 0 Å². The normalized spacial score (nSPS) is 16.5. The summed E-state index contributed by atoms with van der Waals surface area (Å²) in [6, 6.07) is 40.2. The molecule has 2 saturated heterocycles. The van der Waals surface area contributed by atoms with Gasteiger partial charge in [0.25, 0.3) is 0 Å². The highest BCUT2D eigenvalue weighted by molar-refractivity contribution is 5.85. The van der Waals surface area contributed by atoms with Crippen LogP contribution in [0.15, 0.2) is 134 Å². The van der Waals surface area contributed by atoms with Crippen LogP contribution in [0.4, 0.5) is 15.8 Å². The first-order chi connectivity index (χ1) is 29.0. The Morgan fingerprint density at radius 1 is 0.542 bits per heavy atom. The van der Waals surface area contributed by atoms with Crippen molar-refractivity contribution < 1.29 is 23.4 Å². The van der Waals surface area contributed by atoms with E-state index in [1.165, 1.54) is 34.4 Å². The highest BCUT2D eigenvalue weighted by Crippen LogP contribution is 2.40. The van der Waals surface area contributed by atoms with Crippen LogP contribution in [0.5, 0.6) is 17.2 Å². The van der Waals surface area contributed by atoms with Gasteiger partial charge in [-0.3, -0.25) is 19.6 Å². The number of hydrogen-bond acceptors (Lipinski definition) is 9. The summed E-state index contributed by atoms with van der Waals surface area (Å²) in [5.41, 5.74) is 10.2. The summed E-state index contributed by atoms with van der Waals surface area (Å²) in [6.07, 6.45) is 4.13. The van der Waals surface area contributed by atoms with E-state index in [0.29, 0.717) is 19.6 Å². The Balaban J connectivity index is 0.000000152. The molecule has 59 heavy (non-hydrogen) atoms. The van der Waals surface area contributed by atoms with Gasteiger partial charge in [0.15, 0.2) is 17.2 Å². The van der Waals surface area contributed by atoms with E-state index in [4.69, 9.17) is 14.2 Å². The molecule has 9 nitrogen and oxygen atoms in total. The highest BCUT2D eigenvalue weighted by Gasteiger charge is 2.28. The maximum absolute atomic E-state index is 13.2. The average molecular weight is 790 g/mol. The number of nitrogens with zero attached hydrogens (tertiary/aromatic N) is 5. The van der Waals surface area contributed by atoms with E-state index < -0.39 is 0 Å². The van der Waals surface area contributed by atoms with Gasteiger partial charge >= 0.3 is 5.97 Å². The minimum atomic E-state index is -0.225. The van der Waals surface area contributed by atoms with Crippen molar-refractivity contribution in [2.45, 2.75) is 19.5 Å². The average Bonchev–Trinajstić information content (AvgIpc) is 3.68. The third-order valence-corrected chi connectivity index (χ3v) is 11.4. The molecule has 5 heterocycles. The molecule has 0 N–H and O–H groups in total. The number of benzene rings is 5. The molecule has 6 aromatic rings. The molecule has 4 aliphatic rings. The lowest BCUT2D eigenvalue weighted by molar-refractivity contribution is -0.131. The number of ether oxygens (including phenoxy) is 3. The Morgan fingerprint density at radius 2 is 1.15 bits per heavy atom. The summed E-state index contributed by atoms with van der Waals surface area (Å²) in [5, 5.41) is 0. The zero-order valence-electron chi connectivity index (χ0n) is 33.1. The Morgan fingerprint density at radius 3 is 1.90 bits per heavy atom. The number of piperazine rings is 2. The number of esters is 1. The fourth-order valence-electron chi connectivity index (χ4n) is 8.35. The van der Waals surface area contributed by atoms with Crippen molar-refractivity contribution in [2.24, 2.45) is 0 Å². The fourth-order valence-corrected chi connectivity index (χ4v) is 8.35. The number of anilines is 2. The third-order valence-electron chi connectivity index (χ3n) is 11.4. The van der Waals surface area contributed by atoms with Crippen LogP contribution in [-0.4, -0.2) is 86.3 Å². The first-order valence-electron chi connectivity index (χ1n) is 20.5. The van der Waals surface area contributed by atoms with Gasteiger partial charge in [0.05, 0.1) is 17.8 Å². The maximum atomic E-state index is 13.2. The molecule has 0 atom stereocenters. The number of pyridine rings is 1. The summed E-state index contributed by atoms with van der Waals surface area (Å²) in [7, 11) is 0.